The van der Waals surface area contributed by atoms with Crippen molar-refractivity contribution < 1.29 is 33.9 Å². The van der Waals surface area contributed by atoms with Gasteiger partial charge in [0, 0.05) is 0 Å². The van der Waals surface area contributed by atoms with E-state index in [1.165, 1.54) is 0 Å². The van der Waals surface area contributed by atoms with Gasteiger partial charge in [0.25, 0.3) is 0 Å². The third-order valence-electron chi connectivity index (χ3n) is 8.67. The van der Waals surface area contributed by atoms with Gasteiger partial charge in [-0.25, -0.2) is 0 Å². The summed E-state index contributed by atoms with van der Waals surface area (Å²) < 4.78 is 75.6. The van der Waals surface area contributed by atoms with Gasteiger partial charge in [-0.2, -0.15) is 0 Å². The second kappa shape index (κ2) is 19.8. The first kappa shape index (κ1) is 42.7. The summed E-state index contributed by atoms with van der Waals surface area (Å²) in [7, 11) is -8.77. The van der Waals surface area contributed by atoms with Gasteiger partial charge in [0.1, 0.15) is 0 Å². The van der Waals surface area contributed by atoms with Crippen LogP contribution in [0.25, 0.3) is 0 Å². The zero-order chi connectivity index (χ0) is 31.5. The fourth-order valence-electron chi connectivity index (χ4n) is 5.83. The SMILES string of the molecule is CCCCP(CC)(CCCC)(CCCC)OS(=O)(=O)O.CCCCP(CC)(CCCC)(CCCC)OS(=O)(=O)O. The zero-order valence-electron chi connectivity index (χ0n) is 27.2. The van der Waals surface area contributed by atoms with Crippen LogP contribution in [0.3, 0.4) is 0 Å². The summed E-state index contributed by atoms with van der Waals surface area (Å²) in [4.78, 5) is 0. The maximum atomic E-state index is 11.5. The van der Waals surface area contributed by atoms with Crippen molar-refractivity contribution in [2.45, 2.75) is 132 Å². The third-order valence-corrected chi connectivity index (χ3v) is 25.4. The Morgan fingerprint density at radius 3 is 0.700 bits per heavy atom. The van der Waals surface area contributed by atoms with Crippen LogP contribution in [0, 0.1) is 0 Å². The molecule has 0 atom stereocenters. The van der Waals surface area contributed by atoms with E-state index in [-0.39, 0.29) is 0 Å². The van der Waals surface area contributed by atoms with Crippen molar-refractivity contribution in [2.24, 2.45) is 0 Å². The van der Waals surface area contributed by atoms with E-state index in [1.807, 2.05) is 13.8 Å². The van der Waals surface area contributed by atoms with Crippen LogP contribution in [0.15, 0.2) is 0 Å². The van der Waals surface area contributed by atoms with E-state index in [9.17, 15) is 25.9 Å². The molecule has 0 aliphatic carbocycles. The number of rotatable bonds is 24. The van der Waals surface area contributed by atoms with Crippen molar-refractivity contribution in [3.63, 3.8) is 0 Å². The van der Waals surface area contributed by atoms with E-state index in [0.29, 0.717) is 0 Å². The van der Waals surface area contributed by atoms with Crippen molar-refractivity contribution in [1.82, 2.24) is 0 Å². The molecule has 0 radical (unpaired) electrons. The molecule has 0 unspecified atom stereocenters. The van der Waals surface area contributed by atoms with Crippen molar-refractivity contribution in [3.05, 3.63) is 0 Å². The molecule has 0 aliphatic rings. The Morgan fingerprint density at radius 2 is 0.600 bits per heavy atom. The van der Waals surface area contributed by atoms with E-state index in [0.717, 1.165) is 126 Å². The van der Waals surface area contributed by atoms with Gasteiger partial charge < -0.3 is 0 Å². The molecule has 0 heterocycles. The molecule has 0 bridgehead atoms. The normalized spacial score (nSPS) is 14.9. The zero-order valence-corrected chi connectivity index (χ0v) is 30.6. The number of hydrogen-bond acceptors (Lipinski definition) is 6. The third kappa shape index (κ3) is 15.9. The molecule has 0 aliphatic heterocycles. The molecule has 12 heteroatoms. The molecule has 0 fully saturated rings. The summed E-state index contributed by atoms with van der Waals surface area (Å²) in [5.41, 5.74) is 0. The second-order valence-electron chi connectivity index (χ2n) is 11.8. The van der Waals surface area contributed by atoms with Crippen molar-refractivity contribution in [3.8, 4) is 0 Å². The fraction of sp³-hybridized carbons (Fsp3) is 1.00. The quantitative estimate of drug-likeness (QED) is 0.0777. The summed E-state index contributed by atoms with van der Waals surface area (Å²) in [5.74, 6) is 0. The molecular weight excluding hydrogens is 590 g/mol. The molecule has 0 spiro atoms. The molecule has 0 aromatic rings. The molecule has 0 saturated heterocycles. The predicted molar refractivity (Wildman–Crippen MR) is 179 cm³/mol. The van der Waals surface area contributed by atoms with Crippen molar-refractivity contribution >= 4 is 34.5 Å². The Bertz CT molecular complexity index is 758. The van der Waals surface area contributed by atoms with E-state index in [4.69, 9.17) is 7.94 Å². The van der Waals surface area contributed by atoms with Crippen LogP contribution < -0.4 is 0 Å². The van der Waals surface area contributed by atoms with E-state index in [2.05, 4.69) is 41.5 Å². The molecule has 2 N–H and O–H groups in total. The van der Waals surface area contributed by atoms with Gasteiger partial charge in [-0.05, 0) is 0 Å². The maximum absolute atomic E-state index is 11.5. The van der Waals surface area contributed by atoms with Gasteiger partial charge >= 0.3 is 250 Å². The monoisotopic (exact) mass is 656 g/mol. The van der Waals surface area contributed by atoms with Crippen LogP contribution in [-0.2, 0) is 28.7 Å². The Kier molecular flexibility index (Phi) is 21.1. The molecule has 248 valence electrons. The minimum absolute atomic E-state index is 0.741. The molecule has 0 aromatic heterocycles. The van der Waals surface area contributed by atoms with Crippen LogP contribution in [0.5, 0.6) is 0 Å². The van der Waals surface area contributed by atoms with Gasteiger partial charge in [0.2, 0.25) is 0 Å². The van der Waals surface area contributed by atoms with Gasteiger partial charge in [-0.1, -0.05) is 0 Å². The van der Waals surface area contributed by atoms with Crippen LogP contribution in [0.2, 0.25) is 0 Å². The molecule has 0 aromatic carbocycles. The first-order valence-electron chi connectivity index (χ1n) is 15.9. The van der Waals surface area contributed by atoms with E-state index in [1.54, 1.807) is 0 Å². The van der Waals surface area contributed by atoms with Crippen LogP contribution in [0.4, 0.5) is 0 Å². The standard InChI is InChI=1S/2C14H33O4PS/c2*1-5-9-12-19(8-4,13-10-6-2,14-11-7-3)18-20(15,16)17/h2*5-14H2,1-4H3,(H,15,16,17). The summed E-state index contributed by atoms with van der Waals surface area (Å²) >= 11 is 0. The second-order valence-corrected chi connectivity index (χ2v) is 26.1. The molecule has 40 heavy (non-hydrogen) atoms. The average Bonchev–Trinajstić information content (AvgIpc) is 2.89. The Labute approximate surface area is 249 Å². The molecule has 0 rings (SSSR count). The molecule has 0 saturated carbocycles. The van der Waals surface area contributed by atoms with E-state index >= 15 is 0 Å². The Balaban J connectivity index is 0. The van der Waals surface area contributed by atoms with Crippen LogP contribution in [0.1, 0.15) is 132 Å². The Hall–Kier alpha value is 0.600. The molecular formula is C28H66O8P2S2. The molecule has 0 amide bonds. The van der Waals surface area contributed by atoms with Gasteiger partial charge in [-0.3, -0.25) is 0 Å². The van der Waals surface area contributed by atoms with E-state index < -0.39 is 34.5 Å². The van der Waals surface area contributed by atoms with Crippen molar-refractivity contribution in [2.75, 3.05) is 49.3 Å². The van der Waals surface area contributed by atoms with Gasteiger partial charge in [0.15, 0.2) is 0 Å². The van der Waals surface area contributed by atoms with Crippen molar-refractivity contribution in [1.29, 1.82) is 0 Å². The fourth-order valence-corrected chi connectivity index (χ4v) is 22.7. The number of unbranched alkanes of at least 4 members (excludes halogenated alkanes) is 6. The predicted octanol–water partition coefficient (Wildman–Crippen LogP) is 9.39. The minimum atomic E-state index is -4.39. The average molecular weight is 657 g/mol. The number of hydrogen-bond donors (Lipinski definition) is 2. The first-order chi connectivity index (χ1) is 18.5. The van der Waals surface area contributed by atoms with Gasteiger partial charge in [0.05, 0.1) is 0 Å². The topological polar surface area (TPSA) is 127 Å². The summed E-state index contributed by atoms with van der Waals surface area (Å²) in [6.45, 7) is 11.0. The Morgan fingerprint density at radius 1 is 0.425 bits per heavy atom. The molecule has 8 nitrogen and oxygen atoms in total. The summed E-state index contributed by atoms with van der Waals surface area (Å²) in [5, 5.41) is 0. The summed E-state index contributed by atoms with van der Waals surface area (Å²) in [6, 6.07) is 0. The van der Waals surface area contributed by atoms with Crippen LogP contribution in [-0.4, -0.2) is 75.2 Å². The van der Waals surface area contributed by atoms with Gasteiger partial charge in [-0.15, -0.1) is 0 Å². The van der Waals surface area contributed by atoms with Crippen LogP contribution >= 0.6 is 13.7 Å². The first-order valence-corrected chi connectivity index (χ1v) is 24.4. The summed E-state index contributed by atoms with van der Waals surface area (Å²) in [6.07, 6.45) is 18.3.